The fraction of sp³-hybridized carbons (Fsp3) is 0.300. The van der Waals surface area contributed by atoms with Crippen molar-refractivity contribution in [2.75, 3.05) is 26.2 Å². The Morgan fingerprint density at radius 1 is 0.833 bits per heavy atom. The van der Waals surface area contributed by atoms with Crippen LogP contribution in [0.25, 0.3) is 5.57 Å². The van der Waals surface area contributed by atoms with Crippen molar-refractivity contribution in [3.05, 3.63) is 106 Å². The van der Waals surface area contributed by atoms with Gasteiger partial charge >= 0.3 is 0 Å². The molecule has 4 rings (SSSR count). The number of aromatic nitrogens is 1. The van der Waals surface area contributed by atoms with Gasteiger partial charge in [-0.1, -0.05) is 35.9 Å². The lowest BCUT2D eigenvalue weighted by atomic mass is 9.87. The van der Waals surface area contributed by atoms with Gasteiger partial charge in [0.2, 0.25) is 5.91 Å². The number of benzene rings is 2. The number of rotatable bonds is 8. The number of nitrogens with zero attached hydrogens (tertiary/aromatic N) is 3. The van der Waals surface area contributed by atoms with E-state index in [-0.39, 0.29) is 5.91 Å². The Morgan fingerprint density at radius 2 is 1.39 bits per heavy atom. The summed E-state index contributed by atoms with van der Waals surface area (Å²) in [6.45, 7) is 8.11. The molecular formula is C30H34N4O2. The maximum absolute atomic E-state index is 12.8. The summed E-state index contributed by atoms with van der Waals surface area (Å²) < 4.78 is 0. The first-order valence-electron chi connectivity index (χ1n) is 12.6. The molecule has 1 aromatic heterocycles. The van der Waals surface area contributed by atoms with Gasteiger partial charge in [0.25, 0.3) is 5.91 Å². The minimum Gasteiger partial charge on any atom is -0.366 e. The summed E-state index contributed by atoms with van der Waals surface area (Å²) in [4.78, 5) is 33.1. The Hall–Kier alpha value is -3.77. The largest absolute Gasteiger partial charge is 0.366 e. The van der Waals surface area contributed by atoms with E-state index >= 15 is 0 Å². The zero-order valence-electron chi connectivity index (χ0n) is 21.1. The van der Waals surface area contributed by atoms with Crippen molar-refractivity contribution in [2.45, 2.75) is 33.2 Å². The second-order valence-electron chi connectivity index (χ2n) is 9.07. The molecule has 0 saturated carbocycles. The smallest absolute Gasteiger partial charge is 0.253 e. The predicted molar refractivity (Wildman–Crippen MR) is 143 cm³/mol. The average molecular weight is 483 g/mol. The van der Waals surface area contributed by atoms with Crippen molar-refractivity contribution < 1.29 is 9.59 Å². The van der Waals surface area contributed by atoms with Gasteiger partial charge in [-0.05, 0) is 79.8 Å². The van der Waals surface area contributed by atoms with Gasteiger partial charge in [-0.25, -0.2) is 0 Å². The van der Waals surface area contributed by atoms with Gasteiger partial charge < -0.3 is 10.6 Å². The Balaban J connectivity index is 1.63. The number of piperidine rings is 1. The second-order valence-corrected chi connectivity index (χ2v) is 9.07. The highest BCUT2D eigenvalue weighted by Gasteiger charge is 2.20. The van der Waals surface area contributed by atoms with Crippen LogP contribution in [-0.2, 0) is 6.54 Å². The summed E-state index contributed by atoms with van der Waals surface area (Å²) in [6.07, 6.45) is 3.73. The fourth-order valence-corrected chi connectivity index (χ4v) is 4.80. The maximum atomic E-state index is 12.8. The molecule has 36 heavy (non-hydrogen) atoms. The molecular weight excluding hydrogens is 448 g/mol. The molecule has 0 radical (unpaired) electrons. The molecule has 6 nitrogen and oxygen atoms in total. The second kappa shape index (κ2) is 11.8. The third-order valence-corrected chi connectivity index (χ3v) is 6.85. The van der Waals surface area contributed by atoms with E-state index in [1.54, 1.807) is 12.1 Å². The van der Waals surface area contributed by atoms with Crippen LogP contribution in [0, 0.1) is 0 Å². The summed E-state index contributed by atoms with van der Waals surface area (Å²) in [5.74, 6) is -0.382. The van der Waals surface area contributed by atoms with Gasteiger partial charge in [0, 0.05) is 50.0 Å². The molecule has 0 unspecified atom stereocenters. The predicted octanol–water partition coefficient (Wildman–Crippen LogP) is 4.76. The lowest BCUT2D eigenvalue weighted by Crippen LogP contribution is -2.31. The van der Waals surface area contributed by atoms with Crippen molar-refractivity contribution in [1.29, 1.82) is 0 Å². The molecule has 0 aliphatic carbocycles. The lowest BCUT2D eigenvalue weighted by molar-refractivity contribution is 0.0772. The summed E-state index contributed by atoms with van der Waals surface area (Å²) in [5, 5.41) is 0. The van der Waals surface area contributed by atoms with Crippen molar-refractivity contribution in [3.63, 3.8) is 0 Å². The van der Waals surface area contributed by atoms with Crippen LogP contribution in [0.2, 0.25) is 0 Å². The van der Waals surface area contributed by atoms with Crippen molar-refractivity contribution >= 4 is 17.4 Å². The molecule has 0 bridgehead atoms. The maximum Gasteiger partial charge on any atom is 0.253 e. The van der Waals surface area contributed by atoms with Crippen molar-refractivity contribution in [2.24, 2.45) is 5.73 Å². The number of amides is 2. The first-order chi connectivity index (χ1) is 17.5. The molecule has 186 valence electrons. The topological polar surface area (TPSA) is 79.5 Å². The van der Waals surface area contributed by atoms with Gasteiger partial charge in [0.05, 0.1) is 5.69 Å². The van der Waals surface area contributed by atoms with E-state index < -0.39 is 5.91 Å². The first kappa shape index (κ1) is 25.3. The quantitative estimate of drug-likeness (QED) is 0.502. The summed E-state index contributed by atoms with van der Waals surface area (Å²) in [6, 6.07) is 21.5. The number of carbonyl (C=O) groups excluding carboxylic acids is 2. The Kier molecular flexibility index (Phi) is 8.28. The van der Waals surface area contributed by atoms with E-state index in [9.17, 15) is 9.59 Å². The molecule has 0 atom stereocenters. The molecule has 2 aromatic carbocycles. The van der Waals surface area contributed by atoms with E-state index in [0.717, 1.165) is 49.3 Å². The minimum absolute atomic E-state index is 0.0504. The van der Waals surface area contributed by atoms with E-state index in [1.807, 2.05) is 73.5 Å². The van der Waals surface area contributed by atoms with Gasteiger partial charge in [0.1, 0.15) is 0 Å². The van der Waals surface area contributed by atoms with E-state index in [2.05, 4.69) is 16.0 Å². The van der Waals surface area contributed by atoms with Crippen LogP contribution >= 0.6 is 0 Å². The molecule has 6 heteroatoms. The molecule has 1 fully saturated rings. The Morgan fingerprint density at radius 3 is 1.89 bits per heavy atom. The summed E-state index contributed by atoms with van der Waals surface area (Å²) >= 11 is 0. The van der Waals surface area contributed by atoms with E-state index in [0.29, 0.717) is 24.2 Å². The molecule has 2 N–H and O–H groups in total. The summed E-state index contributed by atoms with van der Waals surface area (Å²) in [5.41, 5.74) is 12.4. The van der Waals surface area contributed by atoms with Crippen LogP contribution in [0.1, 0.15) is 64.2 Å². The lowest BCUT2D eigenvalue weighted by Gasteiger charge is -2.30. The number of likely N-dealkylation sites (tertiary alicyclic amines) is 1. The number of primary amides is 1. The van der Waals surface area contributed by atoms with Crippen LogP contribution < -0.4 is 5.73 Å². The van der Waals surface area contributed by atoms with Gasteiger partial charge in [0.15, 0.2) is 0 Å². The molecule has 0 spiro atoms. The highest BCUT2D eigenvalue weighted by atomic mass is 16.2. The first-order valence-corrected chi connectivity index (χ1v) is 12.6. The van der Waals surface area contributed by atoms with Crippen LogP contribution in [-0.4, -0.2) is 52.8 Å². The Labute approximate surface area is 213 Å². The zero-order chi connectivity index (χ0) is 25.5. The van der Waals surface area contributed by atoms with E-state index in [1.165, 1.54) is 11.1 Å². The van der Waals surface area contributed by atoms with Gasteiger partial charge in [-0.15, -0.1) is 0 Å². The minimum atomic E-state index is -0.433. The number of carbonyl (C=O) groups is 2. The van der Waals surface area contributed by atoms with Crippen LogP contribution in [0.3, 0.4) is 0 Å². The summed E-state index contributed by atoms with van der Waals surface area (Å²) in [7, 11) is 0. The average Bonchev–Trinajstić information content (AvgIpc) is 2.92. The number of nitrogens with two attached hydrogens (primary N) is 1. The molecule has 1 aliphatic rings. The molecule has 1 saturated heterocycles. The molecule has 3 aromatic rings. The van der Waals surface area contributed by atoms with Crippen LogP contribution in [0.15, 0.2) is 78.5 Å². The van der Waals surface area contributed by atoms with Crippen molar-refractivity contribution in [1.82, 2.24) is 14.8 Å². The molecule has 2 amide bonds. The number of hydrogen-bond donors (Lipinski definition) is 1. The highest BCUT2D eigenvalue weighted by molar-refractivity contribution is 5.95. The van der Waals surface area contributed by atoms with Crippen LogP contribution in [0.4, 0.5) is 0 Å². The Bertz CT molecular complexity index is 1200. The van der Waals surface area contributed by atoms with Crippen LogP contribution in [0.5, 0.6) is 0 Å². The zero-order valence-corrected chi connectivity index (χ0v) is 21.1. The standard InChI is InChI=1S/C30H34N4O2/c1-3-34(4-2)30(36)26-14-10-23(11-15-26)28(22-8-12-25(13-9-22)29(31)35)24-16-19-33(20-17-24)21-27-7-5-6-18-32-27/h5-15,18H,3-4,16-17,19-21H2,1-2H3,(H2,31,35). The van der Waals surface area contributed by atoms with Gasteiger partial charge in [-0.3, -0.25) is 19.5 Å². The normalized spacial score (nSPS) is 13.9. The monoisotopic (exact) mass is 482 g/mol. The highest BCUT2D eigenvalue weighted by Crippen LogP contribution is 2.33. The number of pyridine rings is 1. The van der Waals surface area contributed by atoms with Crippen molar-refractivity contribution in [3.8, 4) is 0 Å². The third-order valence-electron chi connectivity index (χ3n) is 6.85. The molecule has 2 heterocycles. The molecule has 1 aliphatic heterocycles. The SMILES string of the molecule is CCN(CC)C(=O)c1ccc(C(=C2CCN(Cc3ccccn3)CC2)c2ccc(C(N)=O)cc2)cc1. The van der Waals surface area contributed by atoms with Gasteiger partial charge in [-0.2, -0.15) is 0 Å². The number of hydrogen-bond acceptors (Lipinski definition) is 4. The fourth-order valence-electron chi connectivity index (χ4n) is 4.80. The van der Waals surface area contributed by atoms with E-state index in [4.69, 9.17) is 5.73 Å². The third kappa shape index (κ3) is 5.89.